The molecule has 9 aromatic heterocycles. The summed E-state index contributed by atoms with van der Waals surface area (Å²) in [5.41, 5.74) is 24.6. The Bertz CT molecular complexity index is 3550. The molecule has 4 aliphatic carbocycles. The van der Waals surface area contributed by atoms with E-state index in [9.17, 15) is 0 Å². The fourth-order valence-electron chi connectivity index (χ4n) is 9.96. The van der Waals surface area contributed by atoms with Crippen molar-refractivity contribution in [1.29, 1.82) is 0 Å². The van der Waals surface area contributed by atoms with Gasteiger partial charge >= 0.3 is 0 Å². The molecule has 4 saturated carbocycles. The Kier molecular flexibility index (Phi) is 22.7. The molecule has 9 heterocycles. The first-order valence-corrected chi connectivity index (χ1v) is 31.1. The highest BCUT2D eigenvalue weighted by molar-refractivity contribution is 9.10. The van der Waals surface area contributed by atoms with Crippen molar-refractivity contribution in [2.24, 2.45) is 29.0 Å². The maximum absolute atomic E-state index is 8.36. The summed E-state index contributed by atoms with van der Waals surface area (Å²) in [6, 6.07) is 12.4. The normalized spacial score (nSPS) is 16.2. The molecule has 0 radical (unpaired) electrons. The molecule has 0 spiro atoms. The molecule has 0 amide bonds. The van der Waals surface area contributed by atoms with Gasteiger partial charge in [-0.2, -0.15) is 15.0 Å². The third-order valence-electron chi connectivity index (χ3n) is 14.8. The molecule has 0 aliphatic heterocycles. The van der Waals surface area contributed by atoms with Crippen LogP contribution in [0.25, 0.3) is 30.6 Å². The van der Waals surface area contributed by atoms with Crippen LogP contribution in [0.3, 0.4) is 0 Å². The van der Waals surface area contributed by atoms with Gasteiger partial charge in [0.2, 0.25) is 15.9 Å². The van der Waals surface area contributed by atoms with Gasteiger partial charge in [-0.3, -0.25) is 9.59 Å². The van der Waals surface area contributed by atoms with Crippen LogP contribution in [0.1, 0.15) is 100 Å². The Morgan fingerprint density at radius 3 is 1.51 bits per heavy atom. The third kappa shape index (κ3) is 14.9. The minimum Gasteiger partial charge on any atom is -0.483 e. The second-order valence-electron chi connectivity index (χ2n) is 20.2. The summed E-state index contributed by atoms with van der Waals surface area (Å²) in [4.78, 5) is 48.5. The molecule has 82 heavy (non-hydrogen) atoms. The van der Waals surface area contributed by atoms with Crippen LogP contribution in [-0.4, -0.2) is 71.2 Å². The number of nitrogens with two attached hydrogens (primary N) is 3. The number of carbonyl (C=O) groups is 2. The lowest BCUT2D eigenvalue weighted by atomic mass is 9.89. The van der Waals surface area contributed by atoms with E-state index in [2.05, 4.69) is 94.0 Å². The van der Waals surface area contributed by atoms with Gasteiger partial charge in [0.25, 0.3) is 12.9 Å². The quantitative estimate of drug-likeness (QED) is 0.0310. The predicted octanol–water partition coefficient (Wildman–Crippen LogP) is 14.2. The summed E-state index contributed by atoms with van der Waals surface area (Å²) < 4.78 is 14.9. The number of aryl methyl sites for hydroxylation is 2. The fraction of sp³-hybridized carbons (Fsp3) is 0.407. The lowest BCUT2D eigenvalue weighted by Gasteiger charge is -2.22. The summed E-state index contributed by atoms with van der Waals surface area (Å²) in [6.45, 7) is 7.69. The molecular weight excluding hydrogens is 1300 g/mol. The number of fused-ring (bicyclic) bond motifs is 3. The number of furan rings is 2. The Labute approximate surface area is 525 Å². The van der Waals surface area contributed by atoms with Gasteiger partial charge in [-0.25, -0.2) is 15.0 Å². The number of hydrogen-bond acceptors (Lipinski definition) is 20. The SMILES string of the molecule is Cc1c(C2([C@@H](N)C3CC3)CC2)sc2c(NCc3ccco3)nc(Cl)nc12.Cc1c(C2([C@H](C)N)CC2)sc2c(NCc3ccco3)nc(Cl)nc12.Cl.Cl.N[C@H](Cc1sc2c(NCc3cccs3)nc(Cl)nc2c1Br)C1CC1.O=CO.O=CO. The summed E-state index contributed by atoms with van der Waals surface area (Å²) >= 11 is 29.1. The Morgan fingerprint density at radius 2 is 1.11 bits per heavy atom. The summed E-state index contributed by atoms with van der Waals surface area (Å²) in [7, 11) is 0. The minimum absolute atomic E-state index is 0. The van der Waals surface area contributed by atoms with Gasteiger partial charge < -0.3 is 52.2 Å². The first-order chi connectivity index (χ1) is 38.5. The second kappa shape index (κ2) is 28.6. The number of carboxylic acid groups (broad SMARTS) is 2. The summed E-state index contributed by atoms with van der Waals surface area (Å²) in [6.07, 6.45) is 13.9. The fourth-order valence-corrected chi connectivity index (χ4v) is 16.2. The topological polar surface area (TPSA) is 292 Å². The van der Waals surface area contributed by atoms with E-state index in [1.807, 2.05) is 30.3 Å². The molecule has 0 bridgehead atoms. The molecule has 4 fully saturated rings. The molecule has 4 aliphatic rings. The molecule has 11 N–H and O–H groups in total. The van der Waals surface area contributed by atoms with Crippen LogP contribution in [0.4, 0.5) is 17.5 Å². The lowest BCUT2D eigenvalue weighted by Crippen LogP contribution is -2.36. The maximum atomic E-state index is 8.36. The Balaban J connectivity index is 0.000000167. The van der Waals surface area contributed by atoms with Crippen LogP contribution >= 0.6 is 121 Å². The molecule has 0 saturated heterocycles. The van der Waals surface area contributed by atoms with Gasteiger partial charge in [-0.1, -0.05) is 6.07 Å². The van der Waals surface area contributed by atoms with Crippen molar-refractivity contribution in [1.82, 2.24) is 29.9 Å². The number of nitrogens with zero attached hydrogens (tertiary/aromatic N) is 6. The van der Waals surface area contributed by atoms with E-state index < -0.39 is 0 Å². The van der Waals surface area contributed by atoms with Crippen molar-refractivity contribution in [3.63, 3.8) is 0 Å². The van der Waals surface area contributed by atoms with Gasteiger partial charge in [0, 0.05) is 48.5 Å². The molecule has 3 atom stereocenters. The van der Waals surface area contributed by atoms with E-state index in [1.54, 1.807) is 57.9 Å². The summed E-state index contributed by atoms with van der Waals surface area (Å²) in [5.74, 6) is 5.38. The van der Waals surface area contributed by atoms with E-state index >= 15 is 0 Å². The number of anilines is 3. The summed E-state index contributed by atoms with van der Waals surface area (Å²) in [5, 5.41) is 26.7. The standard InChI is InChI=1S/C19H21ClN4OS.C17H19ClN4OS.C16H16BrClN4S2.2CH2O2.2ClH/c1-10-13-14(26-16(10)19(6-7-19)15(21)11-4-5-11)17(24-18(20)23-13)22-9-12-3-2-8-25-12;1-9-12-13(24-14(9)17(5-6-17)10(2)19)15(22-16(18)21-12)20-8-11-4-3-7-23-11;17-12-11(6-10(19)8-3-4-8)24-14-13(12)21-16(18)22-15(14)20-7-9-2-1-5-23-9;2*2-1-3;;/h2-3,8,11,15H,4-7,9,21H2,1H3,(H,22,23,24);3-4,7,10H,5-6,8,19H2,1-2H3,(H,20,21,22);1-2,5,8,10H,3-4,6-7,19H2,(H,20,21,22);2*1H,(H,2,3);2*1H/t15-;2*10-;;;;/m001..../s1. The zero-order chi connectivity index (χ0) is 56.9. The zero-order valence-corrected chi connectivity index (χ0v) is 53.4. The Morgan fingerprint density at radius 1 is 0.671 bits per heavy atom. The van der Waals surface area contributed by atoms with E-state index in [-0.39, 0.29) is 82.6 Å². The van der Waals surface area contributed by atoms with E-state index in [0.29, 0.717) is 24.9 Å². The zero-order valence-electron chi connectivity index (χ0n) is 44.6. The van der Waals surface area contributed by atoms with Gasteiger partial charge in [0.15, 0.2) is 0 Å². The number of thiophene rings is 4. The molecule has 0 aromatic carbocycles. The maximum Gasteiger partial charge on any atom is 0.290 e. The van der Waals surface area contributed by atoms with E-state index in [1.165, 1.54) is 69.2 Å². The van der Waals surface area contributed by atoms with Crippen LogP contribution < -0.4 is 33.2 Å². The van der Waals surface area contributed by atoms with Gasteiger partial charge in [-0.05, 0) is 188 Å². The minimum atomic E-state index is -0.250. The molecule has 28 heteroatoms. The monoisotopic (exact) mass is 1360 g/mol. The van der Waals surface area contributed by atoms with Gasteiger partial charge in [0.1, 0.15) is 34.5 Å². The lowest BCUT2D eigenvalue weighted by molar-refractivity contribution is -0.123. The van der Waals surface area contributed by atoms with Crippen molar-refractivity contribution < 1.29 is 28.6 Å². The van der Waals surface area contributed by atoms with Gasteiger partial charge in [-0.15, -0.1) is 70.2 Å². The predicted molar refractivity (Wildman–Crippen MR) is 341 cm³/mol. The average Bonchev–Trinajstić information content (AvgIpc) is 4.59. The van der Waals surface area contributed by atoms with Crippen molar-refractivity contribution >= 4 is 182 Å². The van der Waals surface area contributed by atoms with Crippen molar-refractivity contribution in [3.05, 3.63) is 117 Å². The Hall–Kier alpha value is -4.47. The number of nitrogens with one attached hydrogen (secondary N) is 3. The van der Waals surface area contributed by atoms with Crippen LogP contribution in [0, 0.1) is 25.7 Å². The van der Waals surface area contributed by atoms with E-state index in [4.69, 9.17) is 80.6 Å². The highest BCUT2D eigenvalue weighted by atomic mass is 79.9. The van der Waals surface area contributed by atoms with Crippen LogP contribution in [0.2, 0.25) is 15.9 Å². The molecule has 0 unspecified atom stereocenters. The van der Waals surface area contributed by atoms with Gasteiger partial charge in [0.05, 0.1) is 61.8 Å². The second-order valence-corrected chi connectivity index (χ2v) is 26.2. The van der Waals surface area contributed by atoms with Crippen molar-refractivity contribution in [2.75, 3.05) is 16.0 Å². The molecule has 13 rings (SSSR count). The number of rotatable bonds is 17. The first-order valence-electron chi connectivity index (χ1n) is 25.8. The molecule has 18 nitrogen and oxygen atoms in total. The van der Waals surface area contributed by atoms with Crippen molar-refractivity contribution in [2.45, 2.75) is 127 Å². The van der Waals surface area contributed by atoms with Crippen LogP contribution in [0.5, 0.6) is 0 Å². The number of aromatic nitrogens is 6. The van der Waals surface area contributed by atoms with Crippen LogP contribution in [-0.2, 0) is 46.5 Å². The molecule has 9 aromatic rings. The molecular formula is C54H62BrCl5N12O6S4. The highest BCUT2D eigenvalue weighted by Crippen LogP contribution is 2.60. The number of hydrogen-bond donors (Lipinski definition) is 8. The average molecular weight is 1360 g/mol. The largest absolute Gasteiger partial charge is 0.483 e. The highest BCUT2D eigenvalue weighted by Gasteiger charge is 2.55. The van der Waals surface area contributed by atoms with Crippen LogP contribution in [0.15, 0.2) is 67.6 Å². The van der Waals surface area contributed by atoms with Crippen molar-refractivity contribution in [3.8, 4) is 0 Å². The third-order valence-corrected chi connectivity index (χ3v) is 21.5. The van der Waals surface area contributed by atoms with E-state index in [0.717, 1.165) is 89.9 Å². The first kappa shape index (κ1) is 65.1. The smallest absolute Gasteiger partial charge is 0.290 e. The molecule has 440 valence electrons. The number of halogens is 6.